The molecule has 2 aromatic rings. The van der Waals surface area contributed by atoms with Crippen LogP contribution in [0.5, 0.6) is 0 Å². The van der Waals surface area contributed by atoms with Gasteiger partial charge in [0.05, 0.1) is 6.07 Å². The van der Waals surface area contributed by atoms with Crippen molar-refractivity contribution in [2.75, 3.05) is 13.6 Å². The number of aldehydes is 1. The highest BCUT2D eigenvalue weighted by Crippen LogP contribution is 2.29. The van der Waals surface area contributed by atoms with E-state index in [4.69, 9.17) is 0 Å². The quantitative estimate of drug-likeness (QED) is 0.716. The molecule has 32 heavy (non-hydrogen) atoms. The summed E-state index contributed by atoms with van der Waals surface area (Å²) in [5.41, 5.74) is -0.0591. The molecule has 0 aliphatic carbocycles. The van der Waals surface area contributed by atoms with Crippen LogP contribution < -0.4 is 0 Å². The summed E-state index contributed by atoms with van der Waals surface area (Å²) in [6.45, 7) is 5.89. The van der Waals surface area contributed by atoms with Gasteiger partial charge in [0.15, 0.2) is 11.6 Å². The predicted octanol–water partition coefficient (Wildman–Crippen LogP) is 3.26. The number of nitriles is 1. The number of fused-ring (bicyclic) bond motifs is 1. The van der Waals surface area contributed by atoms with Crippen molar-refractivity contribution in [2.24, 2.45) is 11.3 Å². The molecular weight excluding hydrogens is 418 g/mol. The normalized spacial score (nSPS) is 19.6. The largest absolute Gasteiger partial charge is 0.350 e. The topological polar surface area (TPSA) is 97.3 Å². The third kappa shape index (κ3) is 4.49. The fourth-order valence-corrected chi connectivity index (χ4v) is 4.08. The van der Waals surface area contributed by atoms with Crippen LogP contribution in [-0.2, 0) is 9.59 Å². The molecule has 3 atom stereocenters. The highest BCUT2D eigenvalue weighted by Gasteiger charge is 2.41. The molecule has 1 aliphatic heterocycles. The average Bonchev–Trinajstić information content (AvgIpc) is 3.37. The van der Waals surface area contributed by atoms with E-state index in [-0.39, 0.29) is 35.0 Å². The minimum absolute atomic E-state index is 0.0164. The Balaban J connectivity index is 1.94. The second-order valence-electron chi connectivity index (χ2n) is 9.47. The number of nitrogens with one attached hydrogen (secondary N) is 1. The van der Waals surface area contributed by atoms with Crippen molar-refractivity contribution < 1.29 is 23.2 Å². The third-order valence-corrected chi connectivity index (χ3v) is 5.76. The molecular formula is C23H26F2N4O3. The summed E-state index contributed by atoms with van der Waals surface area (Å²) in [4.78, 5) is 43.3. The lowest BCUT2D eigenvalue weighted by molar-refractivity contribution is -0.137. The summed E-state index contributed by atoms with van der Waals surface area (Å²) in [5, 5.41) is 9.40. The van der Waals surface area contributed by atoms with E-state index in [0.717, 1.165) is 12.4 Å². The van der Waals surface area contributed by atoms with Gasteiger partial charge in [-0.25, -0.2) is 8.78 Å². The van der Waals surface area contributed by atoms with Gasteiger partial charge in [-0.15, -0.1) is 0 Å². The minimum Gasteiger partial charge on any atom is -0.350 e. The Kier molecular flexibility index (Phi) is 6.35. The molecule has 2 amide bonds. The summed E-state index contributed by atoms with van der Waals surface area (Å²) in [5.74, 6) is -3.49. The van der Waals surface area contributed by atoms with Gasteiger partial charge in [0, 0.05) is 30.4 Å². The lowest BCUT2D eigenvalue weighted by atomic mass is 9.87. The van der Waals surface area contributed by atoms with Gasteiger partial charge in [-0.2, -0.15) is 5.26 Å². The number of nitrogens with zero attached hydrogens (tertiary/aromatic N) is 3. The van der Waals surface area contributed by atoms with E-state index in [1.54, 1.807) is 0 Å². The van der Waals surface area contributed by atoms with Gasteiger partial charge in [-0.3, -0.25) is 9.59 Å². The van der Waals surface area contributed by atoms with Gasteiger partial charge in [-0.1, -0.05) is 20.8 Å². The van der Waals surface area contributed by atoms with Crippen LogP contribution in [0.2, 0.25) is 0 Å². The second kappa shape index (κ2) is 8.69. The molecule has 3 unspecified atom stereocenters. The maximum absolute atomic E-state index is 14.1. The zero-order chi connectivity index (χ0) is 23.8. The van der Waals surface area contributed by atoms with E-state index in [2.05, 4.69) is 11.1 Å². The van der Waals surface area contributed by atoms with Crippen LogP contribution in [0.25, 0.3) is 10.9 Å². The molecule has 3 rings (SSSR count). The summed E-state index contributed by atoms with van der Waals surface area (Å²) in [6.07, 6.45) is 1.31. The van der Waals surface area contributed by atoms with E-state index >= 15 is 0 Å². The van der Waals surface area contributed by atoms with Crippen molar-refractivity contribution in [1.82, 2.24) is 14.8 Å². The summed E-state index contributed by atoms with van der Waals surface area (Å²) >= 11 is 0. The van der Waals surface area contributed by atoms with Crippen molar-refractivity contribution in [3.63, 3.8) is 0 Å². The molecule has 0 saturated carbocycles. The number of carbonyl (C=O) groups excluding carboxylic acids is 3. The highest BCUT2D eigenvalue weighted by atomic mass is 19.2. The van der Waals surface area contributed by atoms with Crippen molar-refractivity contribution in [1.29, 1.82) is 5.26 Å². The number of rotatable bonds is 5. The number of likely N-dealkylation sites (N-methyl/N-ethyl adjacent to an activating group) is 1. The van der Waals surface area contributed by atoms with E-state index in [0.29, 0.717) is 6.42 Å². The Hall–Kier alpha value is -3.28. The number of halogens is 2. The molecule has 1 N–H and O–H groups in total. The van der Waals surface area contributed by atoms with Crippen LogP contribution in [0, 0.1) is 34.3 Å². The Morgan fingerprint density at radius 1 is 1.38 bits per heavy atom. The second-order valence-corrected chi connectivity index (χ2v) is 9.47. The molecule has 0 spiro atoms. The Morgan fingerprint density at radius 2 is 2.06 bits per heavy atom. The summed E-state index contributed by atoms with van der Waals surface area (Å²) in [6, 6.07) is 3.95. The SMILES string of the molecule is CN(C(=O)c1cc2c(F)c(F)ccc2[nH]1)C(CC(C)(C)C)C(=O)N1CC(C=O)CC1C#N. The number of aromatic amines is 1. The zero-order valence-corrected chi connectivity index (χ0v) is 18.5. The number of benzene rings is 1. The van der Waals surface area contributed by atoms with Gasteiger partial charge in [0.1, 0.15) is 24.1 Å². The first-order valence-corrected chi connectivity index (χ1v) is 10.4. The third-order valence-electron chi connectivity index (χ3n) is 5.76. The van der Waals surface area contributed by atoms with Gasteiger partial charge in [0.2, 0.25) is 5.91 Å². The molecule has 1 aromatic heterocycles. The number of aromatic nitrogens is 1. The number of carbonyl (C=O) groups is 3. The van der Waals surface area contributed by atoms with Gasteiger partial charge in [0.25, 0.3) is 5.91 Å². The molecule has 1 fully saturated rings. The first-order chi connectivity index (χ1) is 15.0. The Morgan fingerprint density at radius 3 is 2.66 bits per heavy atom. The average molecular weight is 444 g/mol. The molecule has 170 valence electrons. The Bertz CT molecular complexity index is 1100. The van der Waals surface area contributed by atoms with Crippen LogP contribution in [0.4, 0.5) is 8.78 Å². The number of amides is 2. The van der Waals surface area contributed by atoms with Crippen LogP contribution >= 0.6 is 0 Å². The minimum atomic E-state index is -1.06. The monoisotopic (exact) mass is 444 g/mol. The molecule has 0 bridgehead atoms. The highest BCUT2D eigenvalue weighted by molar-refractivity contribution is 6.00. The number of H-pyrrole nitrogens is 1. The number of hydrogen-bond acceptors (Lipinski definition) is 4. The van der Waals surface area contributed by atoms with E-state index in [1.807, 2.05) is 20.8 Å². The summed E-state index contributed by atoms with van der Waals surface area (Å²) < 4.78 is 27.7. The molecule has 9 heteroatoms. The van der Waals surface area contributed by atoms with Crippen LogP contribution in [0.1, 0.15) is 44.1 Å². The molecule has 1 aliphatic rings. The molecule has 2 heterocycles. The molecule has 1 aromatic carbocycles. The van der Waals surface area contributed by atoms with Gasteiger partial charge < -0.3 is 19.6 Å². The maximum Gasteiger partial charge on any atom is 0.270 e. The van der Waals surface area contributed by atoms with Crippen LogP contribution in [0.3, 0.4) is 0 Å². The lowest BCUT2D eigenvalue weighted by Gasteiger charge is -2.35. The van der Waals surface area contributed by atoms with Crippen molar-refractivity contribution in [3.05, 3.63) is 35.5 Å². The Labute approximate surface area is 185 Å². The molecule has 1 saturated heterocycles. The smallest absolute Gasteiger partial charge is 0.270 e. The number of likely N-dealkylation sites (tertiary alicyclic amines) is 1. The molecule has 0 radical (unpaired) electrons. The lowest BCUT2D eigenvalue weighted by Crippen LogP contribution is -2.52. The standard InChI is InChI=1S/C23H26F2N4O3/c1-23(2,3)9-19(22(32)29-11-13(12-30)7-14(29)10-26)28(4)21(31)18-8-15-17(27-18)6-5-16(24)20(15)25/h5-6,8,12-14,19,27H,7,9,11H2,1-4H3. The first kappa shape index (κ1) is 23.4. The zero-order valence-electron chi connectivity index (χ0n) is 18.5. The van der Waals surface area contributed by atoms with E-state index < -0.39 is 41.5 Å². The van der Waals surface area contributed by atoms with Gasteiger partial charge >= 0.3 is 0 Å². The molecule has 7 nitrogen and oxygen atoms in total. The van der Waals surface area contributed by atoms with Crippen molar-refractivity contribution in [3.8, 4) is 6.07 Å². The van der Waals surface area contributed by atoms with Crippen LogP contribution in [-0.4, -0.2) is 58.6 Å². The van der Waals surface area contributed by atoms with E-state index in [1.165, 1.54) is 29.0 Å². The fraction of sp³-hybridized carbons (Fsp3) is 0.478. The maximum atomic E-state index is 14.1. The van der Waals surface area contributed by atoms with Crippen molar-refractivity contribution >= 4 is 29.0 Å². The van der Waals surface area contributed by atoms with Gasteiger partial charge in [-0.05, 0) is 36.5 Å². The van der Waals surface area contributed by atoms with E-state index in [9.17, 15) is 28.4 Å². The fourth-order valence-electron chi connectivity index (χ4n) is 4.08. The number of hydrogen-bond donors (Lipinski definition) is 1. The first-order valence-electron chi connectivity index (χ1n) is 10.4. The summed E-state index contributed by atoms with van der Waals surface area (Å²) in [7, 11) is 1.47. The predicted molar refractivity (Wildman–Crippen MR) is 113 cm³/mol. The van der Waals surface area contributed by atoms with Crippen LogP contribution in [0.15, 0.2) is 18.2 Å². The van der Waals surface area contributed by atoms with Crippen molar-refractivity contribution in [2.45, 2.75) is 45.7 Å².